The number of benzene rings is 2. The predicted molar refractivity (Wildman–Crippen MR) is 126 cm³/mol. The molecular formula is C26H30N4O2. The van der Waals surface area contributed by atoms with Gasteiger partial charge >= 0.3 is 0 Å². The highest BCUT2D eigenvalue weighted by atomic mass is 16.5. The summed E-state index contributed by atoms with van der Waals surface area (Å²) >= 11 is 0. The number of piperidine rings is 1. The Morgan fingerprint density at radius 3 is 2.78 bits per heavy atom. The summed E-state index contributed by atoms with van der Waals surface area (Å²) in [6.07, 6.45) is 6.11. The van der Waals surface area contributed by atoms with E-state index in [1.54, 1.807) is 11.6 Å². The molecule has 1 saturated heterocycles. The minimum Gasteiger partial charge on any atom is -0.324 e. The molecule has 3 aromatic rings. The van der Waals surface area contributed by atoms with Gasteiger partial charge in [-0.15, -0.1) is 0 Å². The van der Waals surface area contributed by atoms with Crippen LogP contribution in [0.2, 0.25) is 0 Å². The SMILES string of the molecule is Cc1c(Cc2ccccc2)nc(-c2cccc(C=CC(=O)NO)c2)n1C1CCCN(C)C1. The number of likely N-dealkylation sites (N-methyl/N-ethyl adjacent to an activating group) is 1. The third-order valence-electron chi connectivity index (χ3n) is 6.11. The van der Waals surface area contributed by atoms with Crippen molar-refractivity contribution < 1.29 is 10.0 Å². The van der Waals surface area contributed by atoms with Crippen molar-refractivity contribution in [2.75, 3.05) is 20.1 Å². The number of nitrogens with zero attached hydrogens (tertiary/aromatic N) is 3. The van der Waals surface area contributed by atoms with E-state index in [4.69, 9.17) is 10.2 Å². The molecule has 0 saturated carbocycles. The molecule has 32 heavy (non-hydrogen) atoms. The van der Waals surface area contributed by atoms with E-state index in [2.05, 4.69) is 53.8 Å². The van der Waals surface area contributed by atoms with E-state index in [1.807, 2.05) is 24.3 Å². The molecule has 1 aliphatic rings. The van der Waals surface area contributed by atoms with Crippen LogP contribution in [0.3, 0.4) is 0 Å². The molecule has 4 rings (SSSR count). The summed E-state index contributed by atoms with van der Waals surface area (Å²) in [5, 5.41) is 8.73. The number of hydroxylamine groups is 1. The second-order valence-corrected chi connectivity index (χ2v) is 8.49. The number of rotatable bonds is 6. The second kappa shape index (κ2) is 9.94. The van der Waals surface area contributed by atoms with Crippen molar-refractivity contribution in [1.29, 1.82) is 0 Å². The van der Waals surface area contributed by atoms with Gasteiger partial charge in [0.15, 0.2) is 0 Å². The first-order valence-corrected chi connectivity index (χ1v) is 11.1. The summed E-state index contributed by atoms with van der Waals surface area (Å²) < 4.78 is 2.41. The Morgan fingerprint density at radius 1 is 1.22 bits per heavy atom. The maximum absolute atomic E-state index is 11.4. The average Bonchev–Trinajstić information content (AvgIpc) is 3.14. The highest BCUT2D eigenvalue weighted by molar-refractivity contribution is 5.91. The molecule has 1 fully saturated rings. The van der Waals surface area contributed by atoms with Gasteiger partial charge < -0.3 is 9.47 Å². The Balaban J connectivity index is 1.75. The van der Waals surface area contributed by atoms with E-state index in [0.29, 0.717) is 6.04 Å². The number of carbonyl (C=O) groups excluding carboxylic acids is 1. The summed E-state index contributed by atoms with van der Waals surface area (Å²) in [5.41, 5.74) is 7.08. The topological polar surface area (TPSA) is 70.4 Å². The lowest BCUT2D eigenvalue weighted by Crippen LogP contribution is -2.34. The van der Waals surface area contributed by atoms with Gasteiger partial charge in [0.2, 0.25) is 0 Å². The van der Waals surface area contributed by atoms with E-state index in [0.717, 1.165) is 48.6 Å². The van der Waals surface area contributed by atoms with Crippen LogP contribution in [-0.4, -0.2) is 45.7 Å². The van der Waals surface area contributed by atoms with Gasteiger partial charge in [0.25, 0.3) is 5.91 Å². The fourth-order valence-electron chi connectivity index (χ4n) is 4.51. The van der Waals surface area contributed by atoms with Crippen LogP contribution >= 0.6 is 0 Å². The third-order valence-corrected chi connectivity index (χ3v) is 6.11. The van der Waals surface area contributed by atoms with Crippen LogP contribution in [0.5, 0.6) is 0 Å². The quantitative estimate of drug-likeness (QED) is 0.349. The molecule has 1 unspecified atom stereocenters. The van der Waals surface area contributed by atoms with Crippen LogP contribution in [0, 0.1) is 6.92 Å². The predicted octanol–water partition coefficient (Wildman–Crippen LogP) is 4.23. The molecule has 0 aliphatic carbocycles. The Bertz CT molecular complexity index is 1100. The van der Waals surface area contributed by atoms with E-state index < -0.39 is 5.91 Å². The molecule has 1 aliphatic heterocycles. The smallest absolute Gasteiger partial charge is 0.267 e. The molecule has 1 atom stereocenters. The molecule has 0 radical (unpaired) electrons. The Hall–Kier alpha value is -3.22. The van der Waals surface area contributed by atoms with Crippen LogP contribution in [0.4, 0.5) is 0 Å². The van der Waals surface area contributed by atoms with E-state index >= 15 is 0 Å². The van der Waals surface area contributed by atoms with Crippen LogP contribution < -0.4 is 5.48 Å². The lowest BCUT2D eigenvalue weighted by Gasteiger charge is -2.32. The molecule has 6 nitrogen and oxygen atoms in total. The van der Waals surface area contributed by atoms with E-state index in [9.17, 15) is 4.79 Å². The van der Waals surface area contributed by atoms with Gasteiger partial charge in [-0.1, -0.05) is 48.5 Å². The zero-order chi connectivity index (χ0) is 22.5. The molecule has 1 aromatic heterocycles. The first kappa shape index (κ1) is 22.0. The summed E-state index contributed by atoms with van der Waals surface area (Å²) in [4.78, 5) is 18.9. The van der Waals surface area contributed by atoms with Crippen LogP contribution in [0.15, 0.2) is 60.7 Å². The minimum absolute atomic E-state index is 0.375. The van der Waals surface area contributed by atoms with Gasteiger partial charge in [-0.2, -0.15) is 0 Å². The summed E-state index contributed by atoms with van der Waals surface area (Å²) in [7, 11) is 2.18. The monoisotopic (exact) mass is 430 g/mol. The van der Waals surface area contributed by atoms with Gasteiger partial charge in [-0.05, 0) is 56.6 Å². The average molecular weight is 431 g/mol. The highest BCUT2D eigenvalue weighted by Crippen LogP contribution is 2.32. The van der Waals surface area contributed by atoms with Gasteiger partial charge in [-0.3, -0.25) is 10.0 Å². The summed E-state index contributed by atoms with van der Waals surface area (Å²) in [6.45, 7) is 4.31. The van der Waals surface area contributed by atoms with Crippen molar-refractivity contribution >= 4 is 12.0 Å². The van der Waals surface area contributed by atoms with Gasteiger partial charge in [0, 0.05) is 36.3 Å². The number of hydrogen-bond donors (Lipinski definition) is 2. The lowest BCUT2D eigenvalue weighted by atomic mass is 10.0. The molecular weight excluding hydrogens is 400 g/mol. The number of nitrogens with one attached hydrogen (secondary N) is 1. The summed E-state index contributed by atoms with van der Waals surface area (Å²) in [6, 6.07) is 18.9. The highest BCUT2D eigenvalue weighted by Gasteiger charge is 2.25. The molecule has 2 heterocycles. The standard InChI is InChI=1S/C26H30N4O2/c1-19-24(17-20-8-4-3-5-9-20)27-26(30(19)23-12-7-15-29(2)18-23)22-11-6-10-21(16-22)13-14-25(31)28-32/h3-6,8-11,13-14,16,23,32H,7,12,15,17-18H2,1-2H3,(H,28,31). The fraction of sp³-hybridized carbons (Fsp3) is 0.308. The van der Waals surface area contributed by atoms with Gasteiger partial charge in [0.05, 0.1) is 5.69 Å². The zero-order valence-electron chi connectivity index (χ0n) is 18.7. The number of aromatic nitrogens is 2. The van der Waals surface area contributed by atoms with Crippen molar-refractivity contribution in [1.82, 2.24) is 19.9 Å². The zero-order valence-corrected chi connectivity index (χ0v) is 18.7. The molecule has 0 spiro atoms. The first-order valence-electron chi connectivity index (χ1n) is 11.1. The van der Waals surface area contributed by atoms with Crippen molar-refractivity contribution in [3.8, 4) is 11.4 Å². The third kappa shape index (κ3) is 4.98. The van der Waals surface area contributed by atoms with E-state index in [-0.39, 0.29) is 0 Å². The van der Waals surface area contributed by atoms with Crippen molar-refractivity contribution in [3.05, 3.63) is 83.2 Å². The number of likely N-dealkylation sites (tertiary alicyclic amines) is 1. The molecule has 2 N–H and O–H groups in total. The molecule has 0 bridgehead atoms. The van der Waals surface area contributed by atoms with Crippen molar-refractivity contribution in [3.63, 3.8) is 0 Å². The fourth-order valence-corrected chi connectivity index (χ4v) is 4.51. The van der Waals surface area contributed by atoms with Crippen LogP contribution in [0.1, 0.15) is 41.4 Å². The number of imidazole rings is 1. The maximum Gasteiger partial charge on any atom is 0.267 e. The largest absolute Gasteiger partial charge is 0.324 e. The lowest BCUT2D eigenvalue weighted by molar-refractivity contribution is -0.124. The molecule has 1 amide bonds. The normalized spacial score (nSPS) is 17.0. The number of carbonyl (C=O) groups is 1. The van der Waals surface area contributed by atoms with Crippen molar-refractivity contribution in [2.24, 2.45) is 0 Å². The summed E-state index contributed by atoms with van der Waals surface area (Å²) in [5.74, 6) is 0.415. The first-order chi connectivity index (χ1) is 15.5. The maximum atomic E-state index is 11.4. The van der Waals surface area contributed by atoms with Crippen molar-refractivity contribution in [2.45, 2.75) is 32.2 Å². The minimum atomic E-state index is -0.553. The molecule has 2 aromatic carbocycles. The van der Waals surface area contributed by atoms with Gasteiger partial charge in [0.1, 0.15) is 5.82 Å². The Labute approximate surface area is 189 Å². The number of amides is 1. The van der Waals surface area contributed by atoms with E-state index in [1.165, 1.54) is 23.8 Å². The van der Waals surface area contributed by atoms with Crippen LogP contribution in [0.25, 0.3) is 17.5 Å². The molecule has 166 valence electrons. The Kier molecular flexibility index (Phi) is 6.83. The number of hydrogen-bond acceptors (Lipinski definition) is 4. The van der Waals surface area contributed by atoms with Crippen LogP contribution in [-0.2, 0) is 11.2 Å². The van der Waals surface area contributed by atoms with Gasteiger partial charge in [-0.25, -0.2) is 10.5 Å². The second-order valence-electron chi connectivity index (χ2n) is 8.49. The Morgan fingerprint density at radius 2 is 2.03 bits per heavy atom. The molecule has 6 heteroatoms.